The lowest BCUT2D eigenvalue weighted by Crippen LogP contribution is -2.31. The smallest absolute Gasteiger partial charge is 0.276 e. The number of nitrogens with zero attached hydrogens (tertiary/aromatic N) is 1. The van der Waals surface area contributed by atoms with Gasteiger partial charge >= 0.3 is 6.09 Å². The van der Waals surface area contributed by atoms with Gasteiger partial charge < -0.3 is 0 Å². The number of carbonyl (C=O) groups is 1. The molecule has 0 saturated heterocycles. The normalized spacial score (nSPS) is 10.6. The number of rotatable bonds is 6. The largest absolute Gasteiger partial charge is 0.445 e. The molecule has 0 atom stereocenters. The number of benzene rings is 2. The third kappa shape index (κ3) is 4.83. The van der Waals surface area contributed by atoms with Crippen LogP contribution in [0.5, 0.6) is 0 Å². The molecule has 0 saturated carbocycles. The average Bonchev–Trinajstić information content (AvgIpc) is 2.56. The highest BCUT2D eigenvalue weighted by atomic mass is 17.2. The molecule has 4 nitrogen and oxygen atoms in total. The number of carbonyl (C=O) groups excluding carboxylic acids is 1. The summed E-state index contributed by atoms with van der Waals surface area (Å²) in [6, 6.07) is 17.9. The summed E-state index contributed by atoms with van der Waals surface area (Å²) in [6.45, 7) is 6.78. The average molecular weight is 313 g/mol. The molecule has 2 aromatic carbocycles. The molecule has 1 amide bonds. The van der Waals surface area contributed by atoms with Crippen molar-refractivity contribution in [2.24, 2.45) is 5.92 Å². The van der Waals surface area contributed by atoms with Crippen LogP contribution in [0.4, 0.5) is 10.5 Å². The van der Waals surface area contributed by atoms with Gasteiger partial charge in [0.15, 0.2) is 0 Å². The standard InChI is InChI=1S/C19H23NO3/c1-4-20(19(21)23-22-14-15(2)3)18-12-10-17(11-13-18)16-8-6-5-7-9-16/h5-13,15H,4,14H2,1-3H3. The molecule has 0 aromatic heterocycles. The fourth-order valence-electron chi connectivity index (χ4n) is 2.15. The molecule has 0 heterocycles. The molecule has 0 aliphatic rings. The lowest BCUT2D eigenvalue weighted by atomic mass is 10.1. The first-order valence-electron chi connectivity index (χ1n) is 7.88. The van der Waals surface area contributed by atoms with Crippen molar-refractivity contribution < 1.29 is 14.6 Å². The first kappa shape index (κ1) is 17.0. The minimum atomic E-state index is -0.499. The van der Waals surface area contributed by atoms with Crippen molar-refractivity contribution in [3.8, 4) is 11.1 Å². The van der Waals surface area contributed by atoms with Gasteiger partial charge in [0.2, 0.25) is 0 Å². The van der Waals surface area contributed by atoms with E-state index < -0.39 is 6.09 Å². The van der Waals surface area contributed by atoms with Gasteiger partial charge in [-0.15, -0.1) is 0 Å². The van der Waals surface area contributed by atoms with Crippen molar-refractivity contribution in [2.45, 2.75) is 20.8 Å². The number of hydrogen-bond donors (Lipinski definition) is 0. The Labute approximate surface area is 137 Å². The molecule has 2 rings (SSSR count). The van der Waals surface area contributed by atoms with Gasteiger partial charge in [-0.2, -0.15) is 4.89 Å². The molecular weight excluding hydrogens is 290 g/mol. The van der Waals surface area contributed by atoms with Crippen LogP contribution in [0.15, 0.2) is 54.6 Å². The highest BCUT2D eigenvalue weighted by molar-refractivity contribution is 5.87. The Bertz CT molecular complexity index is 608. The fourth-order valence-corrected chi connectivity index (χ4v) is 2.15. The van der Waals surface area contributed by atoms with Crippen molar-refractivity contribution in [3.05, 3.63) is 54.6 Å². The van der Waals surface area contributed by atoms with Crippen LogP contribution in [-0.2, 0) is 9.78 Å². The molecule has 122 valence electrons. The molecule has 0 unspecified atom stereocenters. The van der Waals surface area contributed by atoms with Gasteiger partial charge in [0.1, 0.15) is 0 Å². The second-order valence-corrected chi connectivity index (χ2v) is 5.68. The minimum Gasteiger partial charge on any atom is -0.276 e. The Morgan fingerprint density at radius 3 is 2.17 bits per heavy atom. The van der Waals surface area contributed by atoms with Gasteiger partial charge in [-0.25, -0.2) is 4.79 Å². The Morgan fingerprint density at radius 2 is 1.61 bits per heavy atom. The molecule has 0 aliphatic carbocycles. The fraction of sp³-hybridized carbons (Fsp3) is 0.316. The molecule has 2 aromatic rings. The zero-order chi connectivity index (χ0) is 16.7. The van der Waals surface area contributed by atoms with E-state index in [1.807, 2.05) is 63.2 Å². The van der Waals surface area contributed by atoms with Crippen LogP contribution in [0.2, 0.25) is 0 Å². The van der Waals surface area contributed by atoms with Gasteiger partial charge in [-0.1, -0.05) is 56.3 Å². The second kappa shape index (κ2) is 8.34. The molecule has 0 fully saturated rings. The summed E-state index contributed by atoms with van der Waals surface area (Å²) in [5, 5.41) is 0. The predicted molar refractivity (Wildman–Crippen MR) is 92.2 cm³/mol. The summed E-state index contributed by atoms with van der Waals surface area (Å²) in [4.78, 5) is 23.5. The zero-order valence-electron chi connectivity index (χ0n) is 13.9. The predicted octanol–water partition coefficient (Wildman–Crippen LogP) is 4.90. The summed E-state index contributed by atoms with van der Waals surface area (Å²) < 4.78 is 0. The van der Waals surface area contributed by atoms with Crippen LogP contribution in [0.25, 0.3) is 11.1 Å². The van der Waals surface area contributed by atoms with E-state index in [0.717, 1.165) is 16.8 Å². The van der Waals surface area contributed by atoms with E-state index in [-0.39, 0.29) is 0 Å². The summed E-state index contributed by atoms with van der Waals surface area (Å²) >= 11 is 0. The van der Waals surface area contributed by atoms with Crippen LogP contribution in [0.1, 0.15) is 20.8 Å². The SMILES string of the molecule is CCN(C(=O)OOCC(C)C)c1ccc(-c2ccccc2)cc1. The van der Waals surface area contributed by atoms with E-state index in [1.54, 1.807) is 0 Å². The maximum absolute atomic E-state index is 12.1. The monoisotopic (exact) mass is 313 g/mol. The maximum atomic E-state index is 12.1. The van der Waals surface area contributed by atoms with E-state index in [9.17, 15) is 4.79 Å². The van der Waals surface area contributed by atoms with Crippen LogP contribution in [0.3, 0.4) is 0 Å². The van der Waals surface area contributed by atoms with E-state index in [2.05, 4.69) is 12.1 Å². The molecular formula is C19H23NO3. The molecule has 0 N–H and O–H groups in total. The van der Waals surface area contributed by atoms with Gasteiger partial charge in [0.25, 0.3) is 0 Å². The first-order valence-corrected chi connectivity index (χ1v) is 7.88. The van der Waals surface area contributed by atoms with E-state index >= 15 is 0 Å². The highest BCUT2D eigenvalue weighted by Gasteiger charge is 2.16. The molecule has 23 heavy (non-hydrogen) atoms. The van der Waals surface area contributed by atoms with Crippen LogP contribution in [-0.4, -0.2) is 19.2 Å². The number of hydrogen-bond acceptors (Lipinski definition) is 3. The molecule has 0 spiro atoms. The van der Waals surface area contributed by atoms with Gasteiger partial charge in [-0.05, 0) is 36.1 Å². The van der Waals surface area contributed by atoms with Crippen molar-refractivity contribution >= 4 is 11.8 Å². The lowest BCUT2D eigenvalue weighted by molar-refractivity contribution is -0.242. The summed E-state index contributed by atoms with van der Waals surface area (Å²) in [6.07, 6.45) is -0.499. The third-order valence-electron chi connectivity index (χ3n) is 3.35. The van der Waals surface area contributed by atoms with Crippen LogP contribution >= 0.6 is 0 Å². The Morgan fingerprint density at radius 1 is 1.00 bits per heavy atom. The minimum absolute atomic E-state index is 0.308. The molecule has 0 bridgehead atoms. The molecule has 0 aliphatic heterocycles. The van der Waals surface area contributed by atoms with Crippen LogP contribution in [0, 0.1) is 5.92 Å². The van der Waals surface area contributed by atoms with Crippen molar-refractivity contribution in [1.82, 2.24) is 0 Å². The first-order chi connectivity index (χ1) is 11.1. The zero-order valence-corrected chi connectivity index (χ0v) is 13.9. The Hall–Kier alpha value is -2.33. The molecule has 4 heteroatoms. The van der Waals surface area contributed by atoms with Crippen molar-refractivity contribution in [1.29, 1.82) is 0 Å². The van der Waals surface area contributed by atoms with Crippen LogP contribution < -0.4 is 4.90 Å². The third-order valence-corrected chi connectivity index (χ3v) is 3.35. The van der Waals surface area contributed by atoms with Gasteiger partial charge in [-0.3, -0.25) is 9.79 Å². The quantitative estimate of drug-likeness (QED) is 0.562. The Kier molecular flexibility index (Phi) is 6.18. The number of amides is 1. The summed E-state index contributed by atoms with van der Waals surface area (Å²) in [5.74, 6) is 0.308. The van der Waals surface area contributed by atoms with Crippen molar-refractivity contribution in [3.63, 3.8) is 0 Å². The summed E-state index contributed by atoms with van der Waals surface area (Å²) in [7, 11) is 0. The lowest BCUT2D eigenvalue weighted by Gasteiger charge is -2.20. The topological polar surface area (TPSA) is 38.8 Å². The number of anilines is 1. The van der Waals surface area contributed by atoms with E-state index in [0.29, 0.717) is 19.1 Å². The second-order valence-electron chi connectivity index (χ2n) is 5.68. The van der Waals surface area contributed by atoms with Gasteiger partial charge in [0, 0.05) is 12.2 Å². The van der Waals surface area contributed by atoms with E-state index in [4.69, 9.17) is 9.78 Å². The van der Waals surface area contributed by atoms with Gasteiger partial charge in [0.05, 0.1) is 6.61 Å². The maximum Gasteiger partial charge on any atom is 0.445 e. The van der Waals surface area contributed by atoms with E-state index in [1.165, 1.54) is 4.90 Å². The highest BCUT2D eigenvalue weighted by Crippen LogP contribution is 2.23. The Balaban J connectivity index is 2.05. The van der Waals surface area contributed by atoms with Crippen molar-refractivity contribution in [2.75, 3.05) is 18.1 Å². The molecule has 0 radical (unpaired) electrons. The summed E-state index contributed by atoms with van der Waals surface area (Å²) in [5.41, 5.74) is 3.03.